The fourth-order valence-electron chi connectivity index (χ4n) is 2.20. The fraction of sp³-hybridized carbons (Fsp3) is 0.278. The van der Waals surface area contributed by atoms with Crippen molar-refractivity contribution in [3.63, 3.8) is 0 Å². The SMILES string of the molecule is COC(CN)CC(=O)Nc1cccc(C(=O)NCc2ccccn2)c1. The molecule has 2 aromatic rings. The second-order valence-electron chi connectivity index (χ2n) is 5.43. The molecule has 0 spiro atoms. The minimum atomic E-state index is -0.329. The van der Waals surface area contributed by atoms with Gasteiger partial charge in [0.05, 0.1) is 24.8 Å². The van der Waals surface area contributed by atoms with Gasteiger partial charge in [0, 0.05) is 31.1 Å². The summed E-state index contributed by atoms with van der Waals surface area (Å²) in [4.78, 5) is 28.4. The lowest BCUT2D eigenvalue weighted by atomic mass is 10.1. The molecule has 7 heteroatoms. The molecule has 1 aromatic heterocycles. The molecule has 1 atom stereocenters. The van der Waals surface area contributed by atoms with E-state index < -0.39 is 0 Å². The first kappa shape index (κ1) is 18.6. The van der Waals surface area contributed by atoms with Crippen molar-refractivity contribution in [2.45, 2.75) is 19.1 Å². The zero-order valence-corrected chi connectivity index (χ0v) is 14.1. The summed E-state index contributed by atoms with van der Waals surface area (Å²) in [5.74, 6) is -0.457. The number of carbonyl (C=O) groups is 2. The third-order valence-corrected chi connectivity index (χ3v) is 3.57. The molecular weight excluding hydrogens is 320 g/mol. The van der Waals surface area contributed by atoms with Crippen LogP contribution in [-0.2, 0) is 16.1 Å². The first-order valence-corrected chi connectivity index (χ1v) is 7.93. The standard InChI is InChI=1S/C18H22N4O3/c1-25-16(11-19)10-17(23)22-14-7-4-5-13(9-14)18(24)21-12-15-6-2-3-8-20-15/h2-9,16H,10-12,19H2,1H3,(H,21,24)(H,22,23). The molecule has 0 fully saturated rings. The van der Waals surface area contributed by atoms with Crippen LogP contribution in [0.5, 0.6) is 0 Å². The molecule has 1 unspecified atom stereocenters. The Hall–Kier alpha value is -2.77. The molecule has 132 valence electrons. The van der Waals surface area contributed by atoms with Crippen molar-refractivity contribution in [2.24, 2.45) is 5.73 Å². The number of hydrogen-bond acceptors (Lipinski definition) is 5. The zero-order chi connectivity index (χ0) is 18.1. The quantitative estimate of drug-likeness (QED) is 0.671. The number of carbonyl (C=O) groups excluding carboxylic acids is 2. The third kappa shape index (κ3) is 5.98. The average molecular weight is 342 g/mol. The first-order valence-electron chi connectivity index (χ1n) is 7.93. The van der Waals surface area contributed by atoms with Crippen LogP contribution >= 0.6 is 0 Å². The van der Waals surface area contributed by atoms with E-state index in [4.69, 9.17) is 10.5 Å². The number of methoxy groups -OCH3 is 1. The Morgan fingerprint density at radius 1 is 1.24 bits per heavy atom. The zero-order valence-electron chi connectivity index (χ0n) is 14.1. The number of nitrogens with zero attached hydrogens (tertiary/aromatic N) is 1. The van der Waals surface area contributed by atoms with Crippen molar-refractivity contribution in [3.05, 3.63) is 59.9 Å². The summed E-state index contributed by atoms with van der Waals surface area (Å²) in [7, 11) is 1.51. The molecule has 0 aliphatic rings. The topological polar surface area (TPSA) is 106 Å². The maximum atomic E-state index is 12.2. The van der Waals surface area contributed by atoms with Gasteiger partial charge in [0.1, 0.15) is 0 Å². The van der Waals surface area contributed by atoms with Gasteiger partial charge in [-0.3, -0.25) is 14.6 Å². The Morgan fingerprint density at radius 3 is 2.76 bits per heavy atom. The smallest absolute Gasteiger partial charge is 0.251 e. The van der Waals surface area contributed by atoms with E-state index >= 15 is 0 Å². The van der Waals surface area contributed by atoms with Gasteiger partial charge < -0.3 is 21.1 Å². The molecule has 1 heterocycles. The van der Waals surface area contributed by atoms with Gasteiger partial charge in [0.15, 0.2) is 0 Å². The number of aromatic nitrogens is 1. The van der Waals surface area contributed by atoms with Crippen LogP contribution in [0.1, 0.15) is 22.5 Å². The Morgan fingerprint density at radius 2 is 2.08 bits per heavy atom. The molecule has 2 rings (SSSR count). The maximum absolute atomic E-state index is 12.2. The van der Waals surface area contributed by atoms with Gasteiger partial charge in [-0.1, -0.05) is 12.1 Å². The van der Waals surface area contributed by atoms with Crippen LogP contribution in [0.2, 0.25) is 0 Å². The monoisotopic (exact) mass is 342 g/mol. The van der Waals surface area contributed by atoms with Crippen LogP contribution in [0.3, 0.4) is 0 Å². The summed E-state index contributed by atoms with van der Waals surface area (Å²) in [6.07, 6.45) is 1.50. The number of nitrogens with one attached hydrogen (secondary N) is 2. The second kappa shape index (κ2) is 9.51. The summed E-state index contributed by atoms with van der Waals surface area (Å²) in [6.45, 7) is 0.599. The van der Waals surface area contributed by atoms with E-state index in [0.29, 0.717) is 17.8 Å². The highest BCUT2D eigenvalue weighted by Gasteiger charge is 2.12. The predicted octanol–water partition coefficient (Wildman–Crippen LogP) is 1.31. The highest BCUT2D eigenvalue weighted by atomic mass is 16.5. The second-order valence-corrected chi connectivity index (χ2v) is 5.43. The molecule has 0 saturated heterocycles. The van der Waals surface area contributed by atoms with Gasteiger partial charge >= 0.3 is 0 Å². The maximum Gasteiger partial charge on any atom is 0.251 e. The Kier molecular flexibility index (Phi) is 7.06. The average Bonchev–Trinajstić information content (AvgIpc) is 2.65. The van der Waals surface area contributed by atoms with Gasteiger partial charge in [-0.05, 0) is 30.3 Å². The van der Waals surface area contributed by atoms with Crippen molar-refractivity contribution in [3.8, 4) is 0 Å². The van der Waals surface area contributed by atoms with Gasteiger partial charge in [0.25, 0.3) is 5.91 Å². The minimum absolute atomic E-state index is 0.156. The van der Waals surface area contributed by atoms with E-state index in [0.717, 1.165) is 5.69 Å². The van der Waals surface area contributed by atoms with Crippen molar-refractivity contribution >= 4 is 17.5 Å². The fourth-order valence-corrected chi connectivity index (χ4v) is 2.20. The largest absolute Gasteiger partial charge is 0.380 e. The molecule has 0 aliphatic heterocycles. The van der Waals surface area contributed by atoms with Crippen LogP contribution in [0.15, 0.2) is 48.7 Å². The van der Waals surface area contributed by atoms with E-state index in [2.05, 4.69) is 15.6 Å². The molecule has 4 N–H and O–H groups in total. The van der Waals surface area contributed by atoms with E-state index in [1.165, 1.54) is 7.11 Å². The lowest BCUT2D eigenvalue weighted by Gasteiger charge is -2.13. The predicted molar refractivity (Wildman–Crippen MR) is 94.9 cm³/mol. The van der Waals surface area contributed by atoms with Gasteiger partial charge in [-0.25, -0.2) is 0 Å². The van der Waals surface area contributed by atoms with Crippen LogP contribution in [0, 0.1) is 0 Å². The summed E-state index contributed by atoms with van der Waals surface area (Å²) < 4.78 is 5.09. The number of benzene rings is 1. The molecule has 0 aliphatic carbocycles. The number of pyridine rings is 1. The van der Waals surface area contributed by atoms with Crippen LogP contribution in [0.25, 0.3) is 0 Å². The van der Waals surface area contributed by atoms with Gasteiger partial charge in [-0.2, -0.15) is 0 Å². The number of ether oxygens (including phenoxy) is 1. The van der Waals surface area contributed by atoms with Crippen LogP contribution < -0.4 is 16.4 Å². The Balaban J connectivity index is 1.93. The van der Waals surface area contributed by atoms with Gasteiger partial charge in [-0.15, -0.1) is 0 Å². The van der Waals surface area contributed by atoms with Crippen molar-refractivity contribution in [1.29, 1.82) is 0 Å². The van der Waals surface area contributed by atoms with E-state index in [-0.39, 0.29) is 30.9 Å². The van der Waals surface area contributed by atoms with Crippen LogP contribution in [-0.4, -0.2) is 36.6 Å². The lowest BCUT2D eigenvalue weighted by Crippen LogP contribution is -2.28. The molecule has 0 bridgehead atoms. The minimum Gasteiger partial charge on any atom is -0.380 e. The number of rotatable bonds is 8. The normalized spacial score (nSPS) is 11.6. The molecular formula is C18H22N4O3. The molecule has 1 aromatic carbocycles. The summed E-state index contributed by atoms with van der Waals surface area (Å²) in [6, 6.07) is 12.2. The number of hydrogen-bond donors (Lipinski definition) is 3. The first-order chi connectivity index (χ1) is 12.1. The van der Waals surface area contributed by atoms with Crippen molar-refractivity contribution < 1.29 is 14.3 Å². The van der Waals surface area contributed by atoms with Crippen molar-refractivity contribution in [1.82, 2.24) is 10.3 Å². The van der Waals surface area contributed by atoms with Gasteiger partial charge in [0.2, 0.25) is 5.91 Å². The number of nitrogens with two attached hydrogens (primary N) is 1. The Bertz CT molecular complexity index is 702. The molecule has 0 saturated carbocycles. The van der Waals surface area contributed by atoms with E-state index in [1.807, 2.05) is 18.2 Å². The number of anilines is 1. The highest BCUT2D eigenvalue weighted by molar-refractivity contribution is 5.97. The lowest BCUT2D eigenvalue weighted by molar-refractivity contribution is -0.118. The number of amides is 2. The van der Waals surface area contributed by atoms with Crippen molar-refractivity contribution in [2.75, 3.05) is 19.0 Å². The van der Waals surface area contributed by atoms with E-state index in [9.17, 15) is 9.59 Å². The summed E-state index contributed by atoms with van der Waals surface area (Å²) in [5.41, 5.74) is 7.28. The molecule has 25 heavy (non-hydrogen) atoms. The molecule has 0 radical (unpaired) electrons. The summed E-state index contributed by atoms with van der Waals surface area (Å²) >= 11 is 0. The molecule has 7 nitrogen and oxygen atoms in total. The Labute approximate surface area is 146 Å². The third-order valence-electron chi connectivity index (χ3n) is 3.57. The molecule has 2 amide bonds. The van der Waals surface area contributed by atoms with E-state index in [1.54, 1.807) is 30.5 Å². The summed E-state index contributed by atoms with van der Waals surface area (Å²) in [5, 5.41) is 5.54. The highest BCUT2D eigenvalue weighted by Crippen LogP contribution is 2.12. The van der Waals surface area contributed by atoms with Crippen LogP contribution in [0.4, 0.5) is 5.69 Å².